The van der Waals surface area contributed by atoms with Crippen molar-refractivity contribution in [2.24, 2.45) is 0 Å². The Bertz CT molecular complexity index is 738. The molecule has 1 aliphatic carbocycles. The number of nitrogens with zero attached hydrogens (tertiary/aromatic N) is 2. The van der Waals surface area contributed by atoms with E-state index in [1.54, 1.807) is 6.20 Å². The number of urea groups is 1. The predicted octanol–water partition coefficient (Wildman–Crippen LogP) is 2.77. The minimum Gasteiger partial charge on any atom is -0.378 e. The van der Waals surface area contributed by atoms with Gasteiger partial charge >= 0.3 is 6.03 Å². The van der Waals surface area contributed by atoms with Gasteiger partial charge in [-0.3, -0.25) is 0 Å². The zero-order valence-corrected chi connectivity index (χ0v) is 14.8. The maximum Gasteiger partial charge on any atom is 0.319 e. The van der Waals surface area contributed by atoms with E-state index in [2.05, 4.69) is 44.8 Å². The van der Waals surface area contributed by atoms with E-state index in [0.717, 1.165) is 45.0 Å². The molecule has 0 unspecified atom stereocenters. The summed E-state index contributed by atoms with van der Waals surface area (Å²) in [5, 5.41) is 5.87. The smallest absolute Gasteiger partial charge is 0.319 e. The molecule has 1 saturated heterocycles. The van der Waals surface area contributed by atoms with Crippen molar-refractivity contribution >= 4 is 17.5 Å². The number of morpholine rings is 1. The highest BCUT2D eigenvalue weighted by Crippen LogP contribution is 2.47. The molecule has 2 amide bonds. The normalized spacial score (nSPS) is 18.2. The van der Waals surface area contributed by atoms with Crippen molar-refractivity contribution in [1.82, 2.24) is 10.3 Å². The third-order valence-electron chi connectivity index (χ3n) is 5.17. The number of hydrogen-bond donors (Lipinski definition) is 2. The molecule has 0 spiro atoms. The molecule has 0 bridgehead atoms. The quantitative estimate of drug-likeness (QED) is 0.868. The van der Waals surface area contributed by atoms with Gasteiger partial charge in [-0.05, 0) is 30.5 Å². The summed E-state index contributed by atoms with van der Waals surface area (Å²) in [4.78, 5) is 18.9. The number of anilines is 2. The van der Waals surface area contributed by atoms with Crippen LogP contribution in [-0.4, -0.2) is 43.9 Å². The number of ether oxygens (including phenoxy) is 1. The molecule has 136 valence electrons. The molecule has 2 aromatic rings. The van der Waals surface area contributed by atoms with E-state index in [1.165, 1.54) is 5.56 Å². The topological polar surface area (TPSA) is 66.5 Å². The van der Waals surface area contributed by atoms with Gasteiger partial charge in [0.1, 0.15) is 5.82 Å². The largest absolute Gasteiger partial charge is 0.378 e. The number of amides is 2. The van der Waals surface area contributed by atoms with Gasteiger partial charge in [0.25, 0.3) is 0 Å². The second-order valence-electron chi connectivity index (χ2n) is 6.96. The second-order valence-corrected chi connectivity index (χ2v) is 6.96. The van der Waals surface area contributed by atoms with E-state index >= 15 is 0 Å². The first-order chi connectivity index (χ1) is 12.8. The number of pyridine rings is 1. The minimum absolute atomic E-state index is 0.108. The maximum absolute atomic E-state index is 12.2. The Kier molecular flexibility index (Phi) is 4.75. The molecule has 26 heavy (non-hydrogen) atoms. The average molecular weight is 352 g/mol. The number of carbonyl (C=O) groups excluding carboxylic acids is 1. The molecule has 1 saturated carbocycles. The van der Waals surface area contributed by atoms with Crippen LogP contribution in [-0.2, 0) is 10.2 Å². The van der Waals surface area contributed by atoms with Crippen LogP contribution in [0.1, 0.15) is 18.4 Å². The molecule has 4 rings (SSSR count). The van der Waals surface area contributed by atoms with Crippen molar-refractivity contribution in [2.45, 2.75) is 18.3 Å². The number of carbonyl (C=O) groups is 1. The van der Waals surface area contributed by atoms with Gasteiger partial charge in [-0.2, -0.15) is 0 Å². The summed E-state index contributed by atoms with van der Waals surface area (Å²) in [6, 6.07) is 14.0. The van der Waals surface area contributed by atoms with Crippen LogP contribution in [0, 0.1) is 0 Å². The fourth-order valence-corrected chi connectivity index (χ4v) is 3.37. The van der Waals surface area contributed by atoms with Crippen LogP contribution in [0.3, 0.4) is 0 Å². The highest BCUT2D eigenvalue weighted by Gasteiger charge is 2.44. The molecule has 0 radical (unpaired) electrons. The van der Waals surface area contributed by atoms with E-state index in [1.807, 2.05) is 18.2 Å². The molecule has 6 nitrogen and oxygen atoms in total. The van der Waals surface area contributed by atoms with Crippen molar-refractivity contribution in [3.05, 3.63) is 54.2 Å². The lowest BCUT2D eigenvalue weighted by atomic mass is 9.96. The van der Waals surface area contributed by atoms with E-state index in [4.69, 9.17) is 4.74 Å². The van der Waals surface area contributed by atoms with Crippen LogP contribution in [0.4, 0.5) is 16.3 Å². The third kappa shape index (κ3) is 3.80. The van der Waals surface area contributed by atoms with Crippen LogP contribution < -0.4 is 15.5 Å². The van der Waals surface area contributed by atoms with Crippen LogP contribution >= 0.6 is 0 Å². The van der Waals surface area contributed by atoms with Crippen LogP contribution in [0.15, 0.2) is 48.7 Å². The summed E-state index contributed by atoms with van der Waals surface area (Å²) < 4.78 is 5.35. The van der Waals surface area contributed by atoms with Gasteiger partial charge in [0.2, 0.25) is 0 Å². The average Bonchev–Trinajstić information content (AvgIpc) is 3.50. The van der Waals surface area contributed by atoms with Gasteiger partial charge < -0.3 is 20.3 Å². The molecule has 2 N–H and O–H groups in total. The van der Waals surface area contributed by atoms with Gasteiger partial charge in [0.15, 0.2) is 0 Å². The van der Waals surface area contributed by atoms with E-state index in [9.17, 15) is 4.79 Å². The van der Waals surface area contributed by atoms with Crippen molar-refractivity contribution in [1.29, 1.82) is 0 Å². The molecule has 0 atom stereocenters. The maximum atomic E-state index is 12.2. The molecular formula is C20H24N4O2. The lowest BCUT2D eigenvalue weighted by molar-refractivity contribution is 0.122. The molecule has 1 aromatic carbocycles. The summed E-state index contributed by atoms with van der Waals surface area (Å²) in [6.07, 6.45) is 3.94. The number of benzene rings is 1. The van der Waals surface area contributed by atoms with Crippen molar-refractivity contribution in [3.8, 4) is 0 Å². The molecule has 1 aromatic heterocycles. The monoisotopic (exact) mass is 352 g/mol. The molecule has 1 aliphatic heterocycles. The minimum atomic E-state index is -0.187. The highest BCUT2D eigenvalue weighted by molar-refractivity contribution is 5.89. The Morgan fingerprint density at radius 1 is 1.12 bits per heavy atom. The van der Waals surface area contributed by atoms with Crippen molar-refractivity contribution in [2.75, 3.05) is 43.1 Å². The second kappa shape index (κ2) is 7.33. The van der Waals surface area contributed by atoms with Gasteiger partial charge in [0.05, 0.1) is 25.1 Å². The molecule has 2 fully saturated rings. The molecular weight excluding hydrogens is 328 g/mol. The Labute approximate surface area is 153 Å². The number of nitrogens with one attached hydrogen (secondary N) is 2. The highest BCUT2D eigenvalue weighted by atomic mass is 16.5. The number of hydrogen-bond acceptors (Lipinski definition) is 4. The standard InChI is InChI=1S/C20H24N4O2/c25-19(22-15-20(8-9-20)16-4-2-1-3-5-16)23-17-6-7-18(21-14-17)24-10-12-26-13-11-24/h1-7,14H,8-13,15H2,(H2,22,23,25). The van der Waals surface area contributed by atoms with Crippen molar-refractivity contribution in [3.63, 3.8) is 0 Å². The SMILES string of the molecule is O=C(NCC1(c2ccccc2)CC1)Nc1ccc(N2CCOCC2)nc1. The zero-order valence-electron chi connectivity index (χ0n) is 14.8. The van der Waals surface area contributed by atoms with Gasteiger partial charge in [0, 0.05) is 25.0 Å². The third-order valence-corrected chi connectivity index (χ3v) is 5.17. The molecule has 2 aliphatic rings. The van der Waals surface area contributed by atoms with Crippen LogP contribution in [0.25, 0.3) is 0 Å². The molecule has 2 heterocycles. The Morgan fingerprint density at radius 2 is 1.88 bits per heavy atom. The van der Waals surface area contributed by atoms with Crippen LogP contribution in [0.5, 0.6) is 0 Å². The number of aromatic nitrogens is 1. The van der Waals surface area contributed by atoms with Gasteiger partial charge in [-0.25, -0.2) is 9.78 Å². The first-order valence-corrected chi connectivity index (χ1v) is 9.14. The fraction of sp³-hybridized carbons (Fsp3) is 0.400. The van der Waals surface area contributed by atoms with Gasteiger partial charge in [-0.15, -0.1) is 0 Å². The summed E-state index contributed by atoms with van der Waals surface area (Å²) in [5.74, 6) is 0.917. The van der Waals surface area contributed by atoms with Crippen LogP contribution in [0.2, 0.25) is 0 Å². The first kappa shape index (κ1) is 16.8. The Morgan fingerprint density at radius 3 is 2.54 bits per heavy atom. The Balaban J connectivity index is 1.29. The van der Waals surface area contributed by atoms with Crippen molar-refractivity contribution < 1.29 is 9.53 Å². The summed E-state index contributed by atoms with van der Waals surface area (Å²) in [7, 11) is 0. The van der Waals surface area contributed by atoms with E-state index < -0.39 is 0 Å². The number of rotatable bonds is 5. The summed E-state index contributed by atoms with van der Waals surface area (Å²) in [5.41, 5.74) is 2.11. The molecule has 6 heteroatoms. The lowest BCUT2D eigenvalue weighted by Gasteiger charge is -2.27. The first-order valence-electron chi connectivity index (χ1n) is 9.14. The van der Waals surface area contributed by atoms with Gasteiger partial charge in [-0.1, -0.05) is 30.3 Å². The summed E-state index contributed by atoms with van der Waals surface area (Å²) >= 11 is 0. The van der Waals surface area contributed by atoms with E-state index in [-0.39, 0.29) is 11.4 Å². The Hall–Kier alpha value is -2.60. The summed E-state index contributed by atoms with van der Waals surface area (Å²) in [6.45, 7) is 3.81. The van der Waals surface area contributed by atoms with E-state index in [0.29, 0.717) is 12.2 Å². The fourth-order valence-electron chi connectivity index (χ4n) is 3.37. The predicted molar refractivity (Wildman–Crippen MR) is 102 cm³/mol. The lowest BCUT2D eigenvalue weighted by Crippen LogP contribution is -2.37. The zero-order chi connectivity index (χ0) is 17.8.